The number of esters is 1. The standard InChI is InChI=1S/C12H16O3/c1-9(10(2)13)8-12(14)15-11-6-4-3-5-7-11/h3-7,9-10,13H,8H2,1-2H3. The summed E-state index contributed by atoms with van der Waals surface area (Å²) in [5, 5.41) is 9.23. The molecular formula is C12H16O3. The number of hydrogen-bond acceptors (Lipinski definition) is 3. The molecule has 0 bridgehead atoms. The molecule has 0 radical (unpaired) electrons. The van der Waals surface area contributed by atoms with E-state index < -0.39 is 6.10 Å². The molecule has 0 saturated heterocycles. The van der Waals surface area contributed by atoms with Gasteiger partial charge in [-0.25, -0.2) is 0 Å². The average Bonchev–Trinajstić information content (AvgIpc) is 2.18. The highest BCUT2D eigenvalue weighted by Crippen LogP contribution is 2.13. The summed E-state index contributed by atoms with van der Waals surface area (Å²) < 4.78 is 5.09. The van der Waals surface area contributed by atoms with Gasteiger partial charge in [0.1, 0.15) is 5.75 Å². The fourth-order valence-corrected chi connectivity index (χ4v) is 1.10. The number of rotatable bonds is 4. The molecule has 3 nitrogen and oxygen atoms in total. The van der Waals surface area contributed by atoms with E-state index in [0.717, 1.165) is 0 Å². The number of carbonyl (C=O) groups is 1. The van der Waals surface area contributed by atoms with Gasteiger partial charge in [-0.2, -0.15) is 0 Å². The number of hydrogen-bond donors (Lipinski definition) is 1. The number of aliphatic hydroxyl groups is 1. The largest absolute Gasteiger partial charge is 0.427 e. The van der Waals surface area contributed by atoms with Crippen LogP contribution in [0.2, 0.25) is 0 Å². The number of aliphatic hydroxyl groups excluding tert-OH is 1. The van der Waals surface area contributed by atoms with Gasteiger partial charge < -0.3 is 9.84 Å². The van der Waals surface area contributed by atoms with Gasteiger partial charge in [0, 0.05) is 0 Å². The van der Waals surface area contributed by atoms with Crippen molar-refractivity contribution in [2.24, 2.45) is 5.92 Å². The summed E-state index contributed by atoms with van der Waals surface area (Å²) in [5.74, 6) is 0.149. The summed E-state index contributed by atoms with van der Waals surface area (Å²) in [6.45, 7) is 3.48. The average molecular weight is 208 g/mol. The second-order valence-electron chi connectivity index (χ2n) is 3.71. The maximum Gasteiger partial charge on any atom is 0.311 e. The molecule has 0 aliphatic carbocycles. The van der Waals surface area contributed by atoms with Crippen LogP contribution >= 0.6 is 0 Å². The van der Waals surface area contributed by atoms with Crippen LogP contribution in [0.1, 0.15) is 20.3 Å². The molecule has 82 valence electrons. The third-order valence-corrected chi connectivity index (χ3v) is 2.29. The fraction of sp³-hybridized carbons (Fsp3) is 0.417. The summed E-state index contributed by atoms with van der Waals surface area (Å²) in [7, 11) is 0. The smallest absolute Gasteiger partial charge is 0.311 e. The van der Waals surface area contributed by atoms with Gasteiger partial charge in [-0.3, -0.25) is 4.79 Å². The fourth-order valence-electron chi connectivity index (χ4n) is 1.10. The Kier molecular flexibility index (Phi) is 4.31. The Bertz CT molecular complexity index is 306. The van der Waals surface area contributed by atoms with Crippen molar-refractivity contribution in [2.45, 2.75) is 26.4 Å². The molecule has 0 amide bonds. The number of para-hydroxylation sites is 1. The Labute approximate surface area is 89.7 Å². The van der Waals surface area contributed by atoms with Crippen molar-refractivity contribution in [3.63, 3.8) is 0 Å². The van der Waals surface area contributed by atoms with Crippen molar-refractivity contribution in [3.8, 4) is 5.75 Å². The van der Waals surface area contributed by atoms with Crippen LogP contribution in [0.25, 0.3) is 0 Å². The molecule has 1 rings (SSSR count). The molecule has 15 heavy (non-hydrogen) atoms. The lowest BCUT2D eigenvalue weighted by atomic mass is 10.0. The minimum absolute atomic E-state index is 0.0822. The molecule has 0 fully saturated rings. The Morgan fingerprint density at radius 3 is 2.47 bits per heavy atom. The molecule has 0 aliphatic rings. The van der Waals surface area contributed by atoms with E-state index in [2.05, 4.69) is 0 Å². The highest BCUT2D eigenvalue weighted by Gasteiger charge is 2.15. The molecule has 3 heteroatoms. The van der Waals surface area contributed by atoms with E-state index in [1.54, 1.807) is 31.2 Å². The van der Waals surface area contributed by atoms with Crippen LogP contribution in [0.15, 0.2) is 30.3 Å². The predicted molar refractivity (Wildman–Crippen MR) is 57.5 cm³/mol. The van der Waals surface area contributed by atoms with Crippen LogP contribution in [0, 0.1) is 5.92 Å². The first-order chi connectivity index (χ1) is 7.09. The topological polar surface area (TPSA) is 46.5 Å². The first-order valence-corrected chi connectivity index (χ1v) is 5.03. The quantitative estimate of drug-likeness (QED) is 0.608. The molecule has 0 aliphatic heterocycles. The van der Waals surface area contributed by atoms with E-state index in [0.29, 0.717) is 5.75 Å². The van der Waals surface area contributed by atoms with Crippen LogP contribution in [0.3, 0.4) is 0 Å². The molecule has 1 N–H and O–H groups in total. The van der Waals surface area contributed by atoms with Crippen LogP contribution in [-0.2, 0) is 4.79 Å². The Morgan fingerprint density at radius 1 is 1.33 bits per heavy atom. The second kappa shape index (κ2) is 5.51. The highest BCUT2D eigenvalue weighted by atomic mass is 16.5. The van der Waals surface area contributed by atoms with Gasteiger partial charge in [0.05, 0.1) is 12.5 Å². The number of carbonyl (C=O) groups excluding carboxylic acids is 1. The summed E-state index contributed by atoms with van der Waals surface area (Å²) in [4.78, 5) is 11.4. The maximum absolute atomic E-state index is 11.4. The van der Waals surface area contributed by atoms with E-state index in [1.807, 2.05) is 13.0 Å². The molecule has 0 heterocycles. The molecule has 0 saturated carbocycles. The zero-order valence-corrected chi connectivity index (χ0v) is 9.01. The molecule has 0 spiro atoms. The van der Waals surface area contributed by atoms with E-state index in [1.165, 1.54) is 0 Å². The highest BCUT2D eigenvalue weighted by molar-refractivity contribution is 5.72. The minimum Gasteiger partial charge on any atom is -0.427 e. The molecule has 1 aromatic carbocycles. The number of benzene rings is 1. The lowest BCUT2D eigenvalue weighted by Gasteiger charge is -2.13. The molecule has 2 unspecified atom stereocenters. The second-order valence-corrected chi connectivity index (χ2v) is 3.71. The first-order valence-electron chi connectivity index (χ1n) is 5.03. The van der Waals surface area contributed by atoms with Crippen molar-refractivity contribution in [1.82, 2.24) is 0 Å². The van der Waals surface area contributed by atoms with Crippen molar-refractivity contribution < 1.29 is 14.6 Å². The lowest BCUT2D eigenvalue weighted by molar-refractivity contribution is -0.136. The van der Waals surface area contributed by atoms with Crippen molar-refractivity contribution >= 4 is 5.97 Å². The Hall–Kier alpha value is -1.35. The number of ether oxygens (including phenoxy) is 1. The molecular weight excluding hydrogens is 192 g/mol. The van der Waals surface area contributed by atoms with E-state index in [9.17, 15) is 9.90 Å². The molecule has 2 atom stereocenters. The van der Waals surface area contributed by atoms with Crippen LogP contribution in [0.4, 0.5) is 0 Å². The van der Waals surface area contributed by atoms with Crippen molar-refractivity contribution in [3.05, 3.63) is 30.3 Å². The van der Waals surface area contributed by atoms with E-state index in [-0.39, 0.29) is 18.3 Å². The maximum atomic E-state index is 11.4. The van der Waals surface area contributed by atoms with Gasteiger partial charge in [0.2, 0.25) is 0 Å². The van der Waals surface area contributed by atoms with Gasteiger partial charge >= 0.3 is 5.97 Å². The minimum atomic E-state index is -0.492. The first kappa shape index (κ1) is 11.7. The van der Waals surface area contributed by atoms with Crippen LogP contribution in [0.5, 0.6) is 5.75 Å². The summed E-state index contributed by atoms with van der Waals surface area (Å²) in [6.07, 6.45) is -0.264. The summed E-state index contributed by atoms with van der Waals surface area (Å²) in [5.41, 5.74) is 0. The van der Waals surface area contributed by atoms with Gasteiger partial charge in [0.15, 0.2) is 0 Å². The summed E-state index contributed by atoms with van der Waals surface area (Å²) >= 11 is 0. The van der Waals surface area contributed by atoms with Crippen molar-refractivity contribution in [1.29, 1.82) is 0 Å². The van der Waals surface area contributed by atoms with Crippen LogP contribution in [-0.4, -0.2) is 17.2 Å². The monoisotopic (exact) mass is 208 g/mol. The third kappa shape index (κ3) is 4.13. The third-order valence-electron chi connectivity index (χ3n) is 2.29. The lowest BCUT2D eigenvalue weighted by Crippen LogP contribution is -2.20. The van der Waals surface area contributed by atoms with Gasteiger partial charge in [-0.1, -0.05) is 25.1 Å². The zero-order chi connectivity index (χ0) is 11.3. The SMILES string of the molecule is CC(O)C(C)CC(=O)Oc1ccccc1. The van der Waals surface area contributed by atoms with Gasteiger partial charge in [-0.15, -0.1) is 0 Å². The van der Waals surface area contributed by atoms with Crippen LogP contribution < -0.4 is 4.74 Å². The Morgan fingerprint density at radius 2 is 1.93 bits per heavy atom. The van der Waals surface area contributed by atoms with Crippen molar-refractivity contribution in [2.75, 3.05) is 0 Å². The molecule has 1 aromatic rings. The van der Waals surface area contributed by atoms with Gasteiger partial charge in [0.25, 0.3) is 0 Å². The summed E-state index contributed by atoms with van der Waals surface area (Å²) in [6, 6.07) is 8.92. The van der Waals surface area contributed by atoms with E-state index in [4.69, 9.17) is 4.74 Å². The Balaban J connectivity index is 2.43. The molecule has 0 aromatic heterocycles. The van der Waals surface area contributed by atoms with E-state index >= 15 is 0 Å². The predicted octanol–water partition coefficient (Wildman–Crippen LogP) is 2.00. The zero-order valence-electron chi connectivity index (χ0n) is 9.01. The normalized spacial score (nSPS) is 14.3. The van der Waals surface area contributed by atoms with Gasteiger partial charge in [-0.05, 0) is 25.0 Å².